The molecule has 0 unspecified atom stereocenters. The molecule has 0 radical (unpaired) electrons. The maximum Gasteiger partial charge on any atom is 0.337 e. The van der Waals surface area contributed by atoms with Crippen LogP contribution in [-0.2, 0) is 0 Å². The van der Waals surface area contributed by atoms with E-state index in [2.05, 4.69) is 21.2 Å². The zero-order valence-electron chi connectivity index (χ0n) is 9.31. The molecule has 0 spiro atoms. The second kappa shape index (κ2) is 6.02. The van der Waals surface area contributed by atoms with E-state index in [1.165, 1.54) is 17.4 Å². The lowest BCUT2D eigenvalue weighted by atomic mass is 10.2. The predicted octanol–water partition coefficient (Wildman–Crippen LogP) is 4.07. The summed E-state index contributed by atoms with van der Waals surface area (Å²) in [5.41, 5.74) is 0.367. The van der Waals surface area contributed by atoms with E-state index in [0.29, 0.717) is 15.0 Å². The van der Waals surface area contributed by atoms with E-state index < -0.39 is 5.97 Å². The molecule has 7 heteroatoms. The number of amides is 1. The van der Waals surface area contributed by atoms with Crippen molar-refractivity contribution in [1.29, 1.82) is 0 Å². The number of halogens is 2. The average molecular weight is 452 g/mol. The maximum atomic E-state index is 12.0. The number of carbonyl (C=O) groups is 2. The van der Waals surface area contributed by atoms with E-state index in [4.69, 9.17) is 5.11 Å². The van der Waals surface area contributed by atoms with E-state index in [1.807, 2.05) is 22.6 Å². The molecule has 0 aliphatic carbocycles. The minimum Gasteiger partial charge on any atom is -0.478 e. The van der Waals surface area contributed by atoms with Gasteiger partial charge in [-0.2, -0.15) is 0 Å². The molecule has 4 nitrogen and oxygen atoms in total. The first-order valence-corrected chi connectivity index (χ1v) is 7.81. The van der Waals surface area contributed by atoms with Crippen LogP contribution >= 0.6 is 49.9 Å². The van der Waals surface area contributed by atoms with Gasteiger partial charge in [0.2, 0.25) is 0 Å². The third-order valence-electron chi connectivity index (χ3n) is 2.28. The van der Waals surface area contributed by atoms with Crippen LogP contribution in [0, 0.1) is 3.57 Å². The van der Waals surface area contributed by atoms with Gasteiger partial charge in [-0.25, -0.2) is 4.79 Å². The van der Waals surface area contributed by atoms with Crippen molar-refractivity contribution in [2.24, 2.45) is 0 Å². The van der Waals surface area contributed by atoms with Crippen molar-refractivity contribution in [3.8, 4) is 0 Å². The van der Waals surface area contributed by atoms with Gasteiger partial charge in [-0.05, 0) is 68.2 Å². The first-order valence-electron chi connectivity index (χ1n) is 5.06. The summed E-state index contributed by atoms with van der Waals surface area (Å²) in [6.07, 6.45) is 0. The lowest BCUT2D eigenvalue weighted by Gasteiger charge is -2.08. The highest BCUT2D eigenvalue weighted by molar-refractivity contribution is 14.1. The van der Waals surface area contributed by atoms with Crippen LogP contribution in [0.4, 0.5) is 5.69 Å². The summed E-state index contributed by atoms with van der Waals surface area (Å²) < 4.78 is 1.49. The standard InChI is InChI=1S/C12H7BrINO3S/c13-8-3-4-19-10(8)11(16)15-9-2-1-6(14)5-7(9)12(17)18/h1-5H,(H,15,16)(H,17,18). The molecule has 0 saturated carbocycles. The van der Waals surface area contributed by atoms with Crippen LogP contribution in [0.2, 0.25) is 0 Å². The lowest BCUT2D eigenvalue weighted by molar-refractivity contribution is 0.0698. The topological polar surface area (TPSA) is 66.4 Å². The zero-order chi connectivity index (χ0) is 14.0. The highest BCUT2D eigenvalue weighted by Gasteiger charge is 2.16. The number of benzene rings is 1. The molecule has 2 N–H and O–H groups in total. The summed E-state index contributed by atoms with van der Waals surface area (Å²) in [4.78, 5) is 23.7. The van der Waals surface area contributed by atoms with Crippen molar-refractivity contribution in [3.05, 3.63) is 48.1 Å². The number of rotatable bonds is 3. The molecule has 1 aromatic heterocycles. The number of aromatic carboxylic acids is 1. The van der Waals surface area contributed by atoms with Gasteiger partial charge in [-0.3, -0.25) is 4.79 Å². The van der Waals surface area contributed by atoms with Crippen LogP contribution in [-0.4, -0.2) is 17.0 Å². The zero-order valence-corrected chi connectivity index (χ0v) is 13.9. The Morgan fingerprint density at radius 1 is 1.32 bits per heavy atom. The molecule has 2 rings (SSSR count). The molecule has 1 amide bonds. The minimum absolute atomic E-state index is 0.0768. The summed E-state index contributed by atoms with van der Waals surface area (Å²) >= 11 is 6.58. The van der Waals surface area contributed by atoms with Gasteiger partial charge in [0.1, 0.15) is 4.88 Å². The smallest absolute Gasteiger partial charge is 0.337 e. The molecule has 0 aliphatic rings. The van der Waals surface area contributed by atoms with Gasteiger partial charge >= 0.3 is 5.97 Å². The van der Waals surface area contributed by atoms with Crippen LogP contribution in [0.15, 0.2) is 34.1 Å². The summed E-state index contributed by atoms with van der Waals surface area (Å²) in [6, 6.07) is 6.62. The van der Waals surface area contributed by atoms with Gasteiger partial charge in [0.15, 0.2) is 0 Å². The van der Waals surface area contributed by atoms with Crippen LogP contribution in [0.5, 0.6) is 0 Å². The van der Waals surface area contributed by atoms with Crippen LogP contribution in [0.25, 0.3) is 0 Å². The fourth-order valence-electron chi connectivity index (χ4n) is 1.44. The highest BCUT2D eigenvalue weighted by atomic mass is 127. The minimum atomic E-state index is -1.07. The van der Waals surface area contributed by atoms with Gasteiger partial charge < -0.3 is 10.4 Å². The largest absolute Gasteiger partial charge is 0.478 e. The van der Waals surface area contributed by atoms with Gasteiger partial charge in [0.25, 0.3) is 5.91 Å². The highest BCUT2D eigenvalue weighted by Crippen LogP contribution is 2.25. The average Bonchev–Trinajstić information content (AvgIpc) is 2.77. The summed E-state index contributed by atoms with van der Waals surface area (Å²) in [6.45, 7) is 0. The quantitative estimate of drug-likeness (QED) is 0.691. The number of thiophene rings is 1. The molecular formula is C12H7BrINO3S. The molecule has 0 fully saturated rings. The van der Waals surface area contributed by atoms with Gasteiger partial charge in [-0.15, -0.1) is 11.3 Å². The molecule has 98 valence electrons. The predicted molar refractivity (Wildman–Crippen MR) is 86.1 cm³/mol. The van der Waals surface area contributed by atoms with Crippen molar-refractivity contribution < 1.29 is 14.7 Å². The third kappa shape index (κ3) is 3.34. The van der Waals surface area contributed by atoms with Gasteiger partial charge in [-0.1, -0.05) is 0 Å². The Morgan fingerprint density at radius 2 is 2.05 bits per heavy atom. The normalized spacial score (nSPS) is 10.2. The third-order valence-corrected chi connectivity index (χ3v) is 4.79. The Balaban J connectivity index is 2.32. The van der Waals surface area contributed by atoms with E-state index in [1.54, 1.807) is 23.6 Å². The fourth-order valence-corrected chi connectivity index (χ4v) is 3.37. The monoisotopic (exact) mass is 451 g/mol. The summed E-state index contributed by atoms with van der Waals surface area (Å²) in [7, 11) is 0. The lowest BCUT2D eigenvalue weighted by Crippen LogP contribution is -2.14. The first kappa shape index (κ1) is 14.5. The SMILES string of the molecule is O=C(O)c1cc(I)ccc1NC(=O)c1sccc1Br. The van der Waals surface area contributed by atoms with Crippen LogP contribution in [0.3, 0.4) is 0 Å². The number of nitrogens with one attached hydrogen (secondary N) is 1. The molecular weight excluding hydrogens is 445 g/mol. The van der Waals surface area contributed by atoms with E-state index in [0.717, 1.165) is 3.57 Å². The van der Waals surface area contributed by atoms with E-state index in [-0.39, 0.29) is 11.5 Å². The number of hydrogen-bond donors (Lipinski definition) is 2. The van der Waals surface area contributed by atoms with Crippen LogP contribution < -0.4 is 5.32 Å². The van der Waals surface area contributed by atoms with E-state index in [9.17, 15) is 9.59 Å². The Kier molecular flexibility index (Phi) is 4.58. The summed E-state index contributed by atoms with van der Waals surface area (Å²) in [5, 5.41) is 13.5. The number of carbonyl (C=O) groups excluding carboxylic acids is 1. The molecule has 1 heterocycles. The molecule has 19 heavy (non-hydrogen) atoms. The second-order valence-corrected chi connectivity index (χ2v) is 6.56. The maximum absolute atomic E-state index is 12.0. The molecule has 0 atom stereocenters. The van der Waals surface area contributed by atoms with E-state index >= 15 is 0 Å². The summed E-state index contributed by atoms with van der Waals surface area (Å²) in [5.74, 6) is -1.40. The number of carboxylic acid groups (broad SMARTS) is 1. The Hall–Kier alpha value is -0.930. The Bertz CT molecular complexity index is 656. The number of carboxylic acids is 1. The van der Waals surface area contributed by atoms with Crippen molar-refractivity contribution in [3.63, 3.8) is 0 Å². The Morgan fingerprint density at radius 3 is 2.63 bits per heavy atom. The molecule has 0 saturated heterocycles. The van der Waals surface area contributed by atoms with Gasteiger partial charge in [0.05, 0.1) is 11.3 Å². The van der Waals surface area contributed by atoms with Crippen molar-refractivity contribution in [2.75, 3.05) is 5.32 Å². The second-order valence-electron chi connectivity index (χ2n) is 3.55. The van der Waals surface area contributed by atoms with Gasteiger partial charge in [0, 0.05) is 8.04 Å². The molecule has 0 aliphatic heterocycles. The molecule has 2 aromatic rings. The van der Waals surface area contributed by atoms with Crippen molar-refractivity contribution >= 4 is 67.4 Å². The Labute approximate surface area is 135 Å². The number of anilines is 1. The van der Waals surface area contributed by atoms with Crippen molar-refractivity contribution in [1.82, 2.24) is 0 Å². The first-order chi connectivity index (χ1) is 8.99. The number of hydrogen-bond acceptors (Lipinski definition) is 3. The molecule has 0 bridgehead atoms. The fraction of sp³-hybridized carbons (Fsp3) is 0. The molecule has 1 aromatic carbocycles. The van der Waals surface area contributed by atoms with Crippen molar-refractivity contribution in [2.45, 2.75) is 0 Å². The van der Waals surface area contributed by atoms with Crippen LogP contribution in [0.1, 0.15) is 20.0 Å².